The third kappa shape index (κ3) is 6.83. The first-order chi connectivity index (χ1) is 10.3. The smallest absolute Gasteiger partial charge is 0.0474 e. The van der Waals surface area contributed by atoms with Crippen LogP contribution in [0.1, 0.15) is 22.9 Å². The van der Waals surface area contributed by atoms with Crippen molar-refractivity contribution in [2.75, 3.05) is 27.3 Å². The molecule has 0 aliphatic rings. The Morgan fingerprint density at radius 2 is 2.09 bits per heavy atom. The van der Waals surface area contributed by atoms with Crippen molar-refractivity contribution >= 4 is 24.0 Å². The molecular weight excluding hydrogens is 491 g/mol. The fourth-order valence-electron chi connectivity index (χ4n) is 1.93. The van der Waals surface area contributed by atoms with E-state index in [1.165, 1.54) is 11.9 Å². The molecule has 0 spiro atoms. The van der Waals surface area contributed by atoms with Crippen LogP contribution in [0.4, 0.5) is 0 Å². The van der Waals surface area contributed by atoms with E-state index in [4.69, 9.17) is 23.1 Å². The van der Waals surface area contributed by atoms with Crippen molar-refractivity contribution in [2.45, 2.75) is 17.4 Å². The van der Waals surface area contributed by atoms with E-state index in [-0.39, 0.29) is 25.8 Å². The Hall–Kier alpha value is -0.344. The van der Waals surface area contributed by atoms with Gasteiger partial charge in [0.2, 0.25) is 0 Å². The molecule has 0 fully saturated rings. The molecule has 1 heterocycles. The Kier molecular flexibility index (Phi) is 12.9. The first-order valence-corrected chi connectivity index (χ1v) is 8.05. The second-order valence-electron chi connectivity index (χ2n) is 4.20. The van der Waals surface area contributed by atoms with Gasteiger partial charge < -0.3 is 28.4 Å². The molecule has 0 saturated heterocycles. The summed E-state index contributed by atoms with van der Waals surface area (Å²) in [6, 6.07) is 13.4. The summed E-state index contributed by atoms with van der Waals surface area (Å²) in [4.78, 5) is 2.07. The monoisotopic (exact) mass is 513 g/mol. The minimum Gasteiger partial charge on any atom is -0.779 e. The van der Waals surface area contributed by atoms with Crippen LogP contribution < -0.4 is 5.32 Å². The largest absolute Gasteiger partial charge is 0.779 e. The molecule has 2 rings (SSSR count). The zero-order valence-electron chi connectivity index (χ0n) is 12.7. The Bertz CT molecular complexity index is 495. The van der Waals surface area contributed by atoms with Gasteiger partial charge >= 0.3 is 0 Å². The van der Waals surface area contributed by atoms with Crippen molar-refractivity contribution in [3.05, 3.63) is 58.0 Å². The summed E-state index contributed by atoms with van der Waals surface area (Å²) in [5.74, 6) is 0. The zero-order chi connectivity index (χ0) is 15.5. The molecule has 1 aromatic heterocycles. The van der Waals surface area contributed by atoms with Crippen molar-refractivity contribution in [3.63, 3.8) is 0 Å². The van der Waals surface area contributed by atoms with Gasteiger partial charge in [0.1, 0.15) is 0 Å². The van der Waals surface area contributed by atoms with E-state index in [1.54, 1.807) is 18.4 Å². The number of methoxy groups -OCH3 is 1. The van der Waals surface area contributed by atoms with Gasteiger partial charge in [0.05, 0.1) is 0 Å². The van der Waals surface area contributed by atoms with Gasteiger partial charge in [-0.2, -0.15) is 17.3 Å². The summed E-state index contributed by atoms with van der Waals surface area (Å²) in [6.07, 6.45) is 0.984. The van der Waals surface area contributed by atoms with Gasteiger partial charge in [-0.15, -0.1) is 0 Å². The van der Waals surface area contributed by atoms with Crippen LogP contribution in [0.2, 0.25) is 0 Å². The molecule has 124 valence electrons. The number of nitrogens with one attached hydrogen (secondary N) is 2. The molecule has 1 atom stereocenters. The normalized spacial score (nSPS) is 11.0. The molecule has 3 nitrogen and oxygen atoms in total. The predicted molar refractivity (Wildman–Crippen MR) is 91.8 cm³/mol. The summed E-state index contributed by atoms with van der Waals surface area (Å²) >= 11 is 7.13. The Labute approximate surface area is 156 Å². The van der Waals surface area contributed by atoms with E-state index in [9.17, 15) is 0 Å². The van der Waals surface area contributed by atoms with Crippen molar-refractivity contribution in [3.8, 4) is 0 Å². The predicted octanol–water partition coefficient (Wildman–Crippen LogP) is 3.84. The maximum atomic E-state index is 5.75. The van der Waals surface area contributed by atoms with Crippen LogP contribution in [0.5, 0.6) is 0 Å². The molecule has 0 bridgehead atoms. The fraction of sp³-hybridized carbons (Fsp3) is 0.375. The minimum absolute atomic E-state index is 0. The van der Waals surface area contributed by atoms with Crippen LogP contribution in [-0.4, -0.2) is 27.3 Å². The Morgan fingerprint density at radius 3 is 2.68 bits per heavy atom. The molecule has 2 aromatic rings. The van der Waals surface area contributed by atoms with Crippen molar-refractivity contribution in [1.29, 1.82) is 0 Å². The standard InChI is InChI=1S/C15H18NOS2.CH4N.Os/c1-17-10-5-9-16-15(14-8-4-11-19-14)12-6-2-3-7-13(12)18;1-2;/h2-4,6-7,11,15-16,18H,5,9-10H2,1H3;2H,1H3;/q2*-1;/p-1. The summed E-state index contributed by atoms with van der Waals surface area (Å²) in [6.45, 7) is 1.66. The minimum atomic E-state index is 0. The van der Waals surface area contributed by atoms with Crippen LogP contribution in [0.25, 0.3) is 5.73 Å². The quantitative estimate of drug-likeness (QED) is 0.349. The molecule has 1 aromatic carbocycles. The fourth-order valence-corrected chi connectivity index (χ4v) is 2.96. The number of hydrogen-bond donors (Lipinski definition) is 1. The molecular formula is C16H21N2OOsS2-3. The number of ether oxygens (including phenoxy) is 1. The molecule has 0 aliphatic heterocycles. The van der Waals surface area contributed by atoms with Crippen LogP contribution >= 0.6 is 11.3 Å². The van der Waals surface area contributed by atoms with Crippen molar-refractivity contribution in [1.82, 2.24) is 5.32 Å². The summed E-state index contributed by atoms with van der Waals surface area (Å²) in [5.41, 5.74) is 6.90. The molecule has 1 unspecified atom stereocenters. The first kappa shape index (κ1) is 21.7. The molecule has 0 amide bonds. The topological polar surface area (TPSA) is 45.1 Å². The number of hydrogen-bond acceptors (Lipinski definition) is 4. The van der Waals surface area contributed by atoms with Gasteiger partial charge in [-0.25, -0.2) is 12.1 Å². The molecule has 0 radical (unpaired) electrons. The van der Waals surface area contributed by atoms with Gasteiger partial charge in [-0.3, -0.25) is 11.3 Å². The van der Waals surface area contributed by atoms with Gasteiger partial charge in [0, 0.05) is 39.5 Å². The van der Waals surface area contributed by atoms with Crippen LogP contribution in [0, 0.1) is 6.07 Å². The van der Waals surface area contributed by atoms with Gasteiger partial charge in [0.15, 0.2) is 0 Å². The van der Waals surface area contributed by atoms with E-state index in [0.717, 1.165) is 30.0 Å². The molecule has 22 heavy (non-hydrogen) atoms. The summed E-state index contributed by atoms with van der Waals surface area (Å²) in [7, 11) is 2.98. The summed E-state index contributed by atoms with van der Waals surface area (Å²) < 4.78 is 5.08. The Balaban J connectivity index is 0.00000141. The van der Waals surface area contributed by atoms with Crippen molar-refractivity contribution in [2.24, 2.45) is 0 Å². The molecule has 0 saturated carbocycles. The van der Waals surface area contributed by atoms with E-state index in [2.05, 4.69) is 17.4 Å². The number of thiophene rings is 1. The van der Waals surface area contributed by atoms with Gasteiger partial charge in [0.25, 0.3) is 0 Å². The number of benzene rings is 1. The molecule has 0 aliphatic carbocycles. The second-order valence-corrected chi connectivity index (χ2v) is 5.59. The second kappa shape index (κ2) is 13.1. The third-order valence-electron chi connectivity index (χ3n) is 2.85. The van der Waals surface area contributed by atoms with Gasteiger partial charge in [-0.1, -0.05) is 29.1 Å². The number of rotatable bonds is 7. The van der Waals surface area contributed by atoms with Crippen LogP contribution in [0.3, 0.4) is 0 Å². The Morgan fingerprint density at radius 1 is 1.36 bits per heavy atom. The SMILES string of the molecule is COCCCNC(c1[c-]ccs1)c1ccccc1[S-].C[NH-].[Os]. The zero-order valence-corrected chi connectivity index (χ0v) is 16.9. The average Bonchev–Trinajstić information content (AvgIpc) is 3.05. The molecule has 6 heteroatoms. The van der Waals surface area contributed by atoms with E-state index < -0.39 is 0 Å². The van der Waals surface area contributed by atoms with E-state index in [0.29, 0.717) is 0 Å². The van der Waals surface area contributed by atoms with E-state index >= 15 is 0 Å². The summed E-state index contributed by atoms with van der Waals surface area (Å²) in [5, 5.41) is 5.59. The van der Waals surface area contributed by atoms with Crippen molar-refractivity contribution < 1.29 is 24.5 Å². The van der Waals surface area contributed by atoms with Crippen LogP contribution in [-0.2, 0) is 37.2 Å². The average molecular weight is 512 g/mol. The maximum Gasteiger partial charge on any atom is 0.0474 e. The van der Waals surface area contributed by atoms with Crippen LogP contribution in [0.15, 0.2) is 40.6 Å². The maximum absolute atomic E-state index is 5.75. The first-order valence-electron chi connectivity index (χ1n) is 6.76. The van der Waals surface area contributed by atoms with E-state index in [1.807, 2.05) is 29.6 Å². The van der Waals surface area contributed by atoms with Gasteiger partial charge in [-0.05, 0) is 18.5 Å². The third-order valence-corrected chi connectivity index (χ3v) is 4.11. The molecule has 2 N–H and O–H groups in total.